The third-order valence-electron chi connectivity index (χ3n) is 4.64. The first-order chi connectivity index (χ1) is 9.24. The van der Waals surface area contributed by atoms with Crippen molar-refractivity contribution in [1.29, 1.82) is 0 Å². The van der Waals surface area contributed by atoms with Gasteiger partial charge in [0.15, 0.2) is 0 Å². The molecule has 2 heterocycles. The summed E-state index contributed by atoms with van der Waals surface area (Å²) in [4.78, 5) is 14.0. The second kappa shape index (κ2) is 7.25. The monoisotopic (exact) mass is 268 g/mol. The fourth-order valence-corrected chi connectivity index (χ4v) is 3.72. The zero-order valence-electron chi connectivity index (χ0n) is 12.4. The first-order valence-electron chi connectivity index (χ1n) is 7.83. The Kier molecular flexibility index (Phi) is 5.64. The summed E-state index contributed by atoms with van der Waals surface area (Å²) in [5.74, 6) is -0.0437. The van der Waals surface area contributed by atoms with Gasteiger partial charge < -0.3 is 10.1 Å². The van der Waals surface area contributed by atoms with Crippen LogP contribution >= 0.6 is 0 Å². The Hall–Kier alpha value is -0.610. The smallest absolute Gasteiger partial charge is 0.305 e. The summed E-state index contributed by atoms with van der Waals surface area (Å²) < 4.78 is 4.99. The lowest BCUT2D eigenvalue weighted by molar-refractivity contribution is -0.143. The molecule has 2 bridgehead atoms. The van der Waals surface area contributed by atoms with Crippen LogP contribution in [0.4, 0.5) is 0 Å². The number of ether oxygens (including phenoxy) is 1. The minimum absolute atomic E-state index is 0.0437. The van der Waals surface area contributed by atoms with Gasteiger partial charge in [-0.25, -0.2) is 0 Å². The first-order valence-corrected chi connectivity index (χ1v) is 7.83. The number of hydrogen-bond acceptors (Lipinski definition) is 4. The van der Waals surface area contributed by atoms with Crippen LogP contribution in [0.2, 0.25) is 0 Å². The van der Waals surface area contributed by atoms with E-state index in [4.69, 9.17) is 4.74 Å². The molecular weight excluding hydrogens is 240 g/mol. The molecule has 0 radical (unpaired) electrons. The van der Waals surface area contributed by atoms with Gasteiger partial charge in [0.25, 0.3) is 0 Å². The molecule has 2 aliphatic heterocycles. The lowest BCUT2D eigenvalue weighted by atomic mass is 9.81. The third-order valence-corrected chi connectivity index (χ3v) is 4.64. The normalized spacial score (nSPS) is 31.2. The van der Waals surface area contributed by atoms with Crippen molar-refractivity contribution in [2.75, 3.05) is 20.2 Å². The maximum atomic E-state index is 11.4. The van der Waals surface area contributed by atoms with Crippen LogP contribution in [0.25, 0.3) is 0 Å². The van der Waals surface area contributed by atoms with Crippen molar-refractivity contribution < 1.29 is 9.53 Å². The summed E-state index contributed by atoms with van der Waals surface area (Å²) in [7, 11) is 2.08. The number of esters is 1. The van der Waals surface area contributed by atoms with E-state index in [1.807, 2.05) is 6.92 Å². The number of hydrogen-bond donors (Lipinski definition) is 1. The topological polar surface area (TPSA) is 41.6 Å². The SMILES string of the molecule is CCOC(=O)CCCN1C2CCCC1CC(NC)C2. The van der Waals surface area contributed by atoms with Gasteiger partial charge in [0.05, 0.1) is 6.61 Å². The van der Waals surface area contributed by atoms with Gasteiger partial charge in [-0.3, -0.25) is 9.69 Å². The molecule has 0 amide bonds. The number of carbonyl (C=O) groups is 1. The quantitative estimate of drug-likeness (QED) is 0.748. The van der Waals surface area contributed by atoms with Crippen molar-refractivity contribution in [3.63, 3.8) is 0 Å². The zero-order valence-corrected chi connectivity index (χ0v) is 12.4. The van der Waals surface area contributed by atoms with Crippen LogP contribution in [0.5, 0.6) is 0 Å². The highest BCUT2D eigenvalue weighted by atomic mass is 16.5. The number of nitrogens with one attached hydrogen (secondary N) is 1. The molecule has 2 unspecified atom stereocenters. The summed E-state index contributed by atoms with van der Waals surface area (Å²) in [6.07, 6.45) is 8.08. The molecule has 2 aliphatic rings. The molecule has 110 valence electrons. The van der Waals surface area contributed by atoms with Crippen molar-refractivity contribution >= 4 is 5.97 Å². The number of nitrogens with zero attached hydrogens (tertiary/aromatic N) is 1. The predicted molar refractivity (Wildman–Crippen MR) is 76.1 cm³/mol. The van der Waals surface area contributed by atoms with Crippen molar-refractivity contribution in [3.05, 3.63) is 0 Å². The summed E-state index contributed by atoms with van der Waals surface area (Å²) in [6, 6.07) is 2.15. The minimum Gasteiger partial charge on any atom is -0.466 e. The van der Waals surface area contributed by atoms with Crippen LogP contribution in [0.15, 0.2) is 0 Å². The van der Waals surface area contributed by atoms with Gasteiger partial charge in [-0.1, -0.05) is 6.42 Å². The Morgan fingerprint density at radius 2 is 2.00 bits per heavy atom. The lowest BCUT2D eigenvalue weighted by Crippen LogP contribution is -2.55. The number of piperidine rings is 2. The molecule has 4 heteroatoms. The molecule has 0 saturated carbocycles. The first kappa shape index (κ1) is 14.8. The predicted octanol–water partition coefficient (Wildman–Crippen LogP) is 1.93. The van der Waals surface area contributed by atoms with Crippen LogP contribution in [0.1, 0.15) is 51.9 Å². The van der Waals surface area contributed by atoms with E-state index in [-0.39, 0.29) is 5.97 Å². The van der Waals surface area contributed by atoms with Gasteiger partial charge in [0, 0.05) is 24.5 Å². The highest BCUT2D eigenvalue weighted by Gasteiger charge is 2.37. The Labute approximate surface area is 116 Å². The molecule has 2 rings (SSSR count). The zero-order chi connectivity index (χ0) is 13.7. The summed E-state index contributed by atoms with van der Waals surface area (Å²) >= 11 is 0. The van der Waals surface area contributed by atoms with E-state index in [9.17, 15) is 4.79 Å². The molecular formula is C15H28N2O2. The Balaban J connectivity index is 1.78. The van der Waals surface area contributed by atoms with Gasteiger partial charge in [0.1, 0.15) is 0 Å². The number of carbonyl (C=O) groups excluding carboxylic acids is 1. The highest BCUT2D eigenvalue weighted by Crippen LogP contribution is 2.34. The lowest BCUT2D eigenvalue weighted by Gasteiger charge is -2.49. The maximum Gasteiger partial charge on any atom is 0.305 e. The summed E-state index contributed by atoms with van der Waals surface area (Å²) in [5, 5.41) is 3.44. The van der Waals surface area contributed by atoms with Gasteiger partial charge in [-0.15, -0.1) is 0 Å². The Morgan fingerprint density at radius 1 is 1.32 bits per heavy atom. The highest BCUT2D eigenvalue weighted by molar-refractivity contribution is 5.69. The molecule has 0 aromatic heterocycles. The molecule has 0 aromatic carbocycles. The van der Waals surface area contributed by atoms with E-state index in [2.05, 4.69) is 17.3 Å². The van der Waals surface area contributed by atoms with E-state index in [0.29, 0.717) is 19.1 Å². The number of fused-ring (bicyclic) bond motifs is 2. The van der Waals surface area contributed by atoms with Crippen LogP contribution in [-0.4, -0.2) is 49.2 Å². The molecule has 2 saturated heterocycles. The van der Waals surface area contributed by atoms with Gasteiger partial charge in [0.2, 0.25) is 0 Å². The summed E-state index contributed by atoms with van der Waals surface area (Å²) in [6.45, 7) is 3.42. The second-order valence-electron chi connectivity index (χ2n) is 5.84. The fourth-order valence-electron chi connectivity index (χ4n) is 3.72. The van der Waals surface area contributed by atoms with E-state index in [0.717, 1.165) is 25.0 Å². The average molecular weight is 268 g/mol. The molecule has 0 spiro atoms. The maximum absolute atomic E-state index is 11.4. The van der Waals surface area contributed by atoms with Crippen molar-refractivity contribution in [1.82, 2.24) is 10.2 Å². The Bertz CT molecular complexity index is 282. The van der Waals surface area contributed by atoms with Crippen LogP contribution in [-0.2, 0) is 9.53 Å². The van der Waals surface area contributed by atoms with Crippen molar-refractivity contribution in [2.24, 2.45) is 0 Å². The molecule has 2 atom stereocenters. The molecule has 19 heavy (non-hydrogen) atoms. The Morgan fingerprint density at radius 3 is 2.58 bits per heavy atom. The van der Waals surface area contributed by atoms with Gasteiger partial charge in [-0.05, 0) is 52.6 Å². The van der Waals surface area contributed by atoms with Gasteiger partial charge >= 0.3 is 5.97 Å². The van der Waals surface area contributed by atoms with Crippen molar-refractivity contribution in [2.45, 2.75) is 70.0 Å². The summed E-state index contributed by atoms with van der Waals surface area (Å²) in [5.41, 5.74) is 0. The van der Waals surface area contributed by atoms with E-state index in [1.165, 1.54) is 32.1 Å². The molecule has 0 aromatic rings. The van der Waals surface area contributed by atoms with E-state index >= 15 is 0 Å². The van der Waals surface area contributed by atoms with Crippen LogP contribution in [0, 0.1) is 0 Å². The molecule has 2 fully saturated rings. The minimum atomic E-state index is -0.0437. The van der Waals surface area contributed by atoms with Gasteiger partial charge in [-0.2, -0.15) is 0 Å². The fraction of sp³-hybridized carbons (Fsp3) is 0.933. The standard InChI is InChI=1S/C15H28N2O2/c1-3-19-15(18)8-5-9-17-13-6-4-7-14(17)11-12(10-13)16-2/h12-14,16H,3-11H2,1-2H3. The second-order valence-corrected chi connectivity index (χ2v) is 5.84. The largest absolute Gasteiger partial charge is 0.466 e. The van der Waals surface area contributed by atoms with E-state index in [1.54, 1.807) is 0 Å². The number of rotatable bonds is 6. The molecule has 1 N–H and O–H groups in total. The van der Waals surface area contributed by atoms with E-state index < -0.39 is 0 Å². The van der Waals surface area contributed by atoms with Crippen molar-refractivity contribution in [3.8, 4) is 0 Å². The van der Waals surface area contributed by atoms with Crippen LogP contribution in [0.3, 0.4) is 0 Å². The molecule has 4 nitrogen and oxygen atoms in total. The van der Waals surface area contributed by atoms with Crippen LogP contribution < -0.4 is 5.32 Å². The average Bonchev–Trinajstić information content (AvgIpc) is 2.38. The third kappa shape index (κ3) is 3.93. The molecule has 0 aliphatic carbocycles.